The van der Waals surface area contributed by atoms with Crippen LogP contribution in [0.1, 0.15) is 57.4 Å². The van der Waals surface area contributed by atoms with E-state index in [4.69, 9.17) is 5.26 Å². The van der Waals surface area contributed by atoms with E-state index in [-0.39, 0.29) is 36.6 Å². The Morgan fingerprint density at radius 2 is 1.97 bits per heavy atom. The molecule has 0 saturated heterocycles. The number of aryl methyl sites for hydroxylation is 1. The highest BCUT2D eigenvalue weighted by Gasteiger charge is 2.55. The molecular weight excluding hydrogens is 430 g/mol. The first kappa shape index (κ1) is 22.0. The molecule has 2 heterocycles. The number of carbonyl (C=O) groups is 2. The van der Waals surface area contributed by atoms with Crippen molar-refractivity contribution in [2.75, 3.05) is 12.8 Å². The number of aromatic nitrogens is 2. The monoisotopic (exact) mass is 455 g/mol. The summed E-state index contributed by atoms with van der Waals surface area (Å²) in [5.74, 6) is -0.677. The fourth-order valence-corrected chi connectivity index (χ4v) is 5.46. The van der Waals surface area contributed by atoms with Crippen LogP contribution in [0, 0.1) is 11.3 Å². The lowest BCUT2D eigenvalue weighted by Crippen LogP contribution is -2.50. The highest BCUT2D eigenvalue weighted by Crippen LogP contribution is 2.45. The maximum absolute atomic E-state index is 13.3. The molecule has 10 heteroatoms. The zero-order valence-electron chi connectivity index (χ0n) is 18.3. The van der Waals surface area contributed by atoms with Crippen LogP contribution in [0.5, 0.6) is 0 Å². The molecule has 0 bridgehead atoms. The minimum absolute atomic E-state index is 0.163. The number of nitrogens with one attached hydrogen (secondary N) is 1. The van der Waals surface area contributed by atoms with Crippen LogP contribution in [0.15, 0.2) is 24.3 Å². The summed E-state index contributed by atoms with van der Waals surface area (Å²) in [6, 6.07) is 8.71. The number of sulfone groups is 1. The molecule has 1 N–H and O–H groups in total. The number of nitrogens with zero attached hydrogens (tertiary/aromatic N) is 4. The van der Waals surface area contributed by atoms with Crippen LogP contribution >= 0.6 is 0 Å². The van der Waals surface area contributed by atoms with Gasteiger partial charge in [-0.05, 0) is 43.9 Å². The van der Waals surface area contributed by atoms with E-state index < -0.39 is 14.6 Å². The van der Waals surface area contributed by atoms with Crippen LogP contribution in [0.4, 0.5) is 0 Å². The molecule has 1 aromatic carbocycles. The molecule has 1 atom stereocenters. The number of carbonyl (C=O) groups excluding carboxylic acids is 2. The SMILES string of the molecule is C[C@@H]1Cc2c(C(=O)NCc3ccc(C#N)cc3)nn(C)c2C(=O)N1CC1(S(C)(=O)=O)CC1. The van der Waals surface area contributed by atoms with Gasteiger partial charge in [-0.2, -0.15) is 10.4 Å². The first-order chi connectivity index (χ1) is 15.1. The molecule has 2 aliphatic rings. The van der Waals surface area contributed by atoms with Crippen molar-refractivity contribution < 1.29 is 18.0 Å². The number of amides is 2. The zero-order valence-corrected chi connectivity index (χ0v) is 19.1. The minimum atomic E-state index is -3.27. The number of rotatable bonds is 6. The lowest BCUT2D eigenvalue weighted by atomic mass is 9.96. The molecule has 4 rings (SSSR count). The fourth-order valence-electron chi connectivity index (χ4n) is 4.24. The van der Waals surface area contributed by atoms with Gasteiger partial charge in [-0.3, -0.25) is 14.3 Å². The normalized spacial score (nSPS) is 19.2. The number of benzene rings is 1. The van der Waals surface area contributed by atoms with Gasteiger partial charge < -0.3 is 10.2 Å². The Labute approximate surface area is 186 Å². The second kappa shape index (κ2) is 7.74. The third-order valence-corrected chi connectivity index (χ3v) is 8.55. The van der Waals surface area contributed by atoms with Crippen molar-refractivity contribution in [3.8, 4) is 6.07 Å². The summed E-state index contributed by atoms with van der Waals surface area (Å²) in [7, 11) is -1.65. The van der Waals surface area contributed by atoms with Crippen LogP contribution in [-0.2, 0) is 29.9 Å². The Hall–Kier alpha value is -3.19. The highest BCUT2D eigenvalue weighted by atomic mass is 32.2. The Bertz CT molecular complexity index is 1240. The summed E-state index contributed by atoms with van der Waals surface area (Å²) in [4.78, 5) is 27.7. The number of hydrogen-bond acceptors (Lipinski definition) is 6. The summed E-state index contributed by atoms with van der Waals surface area (Å²) < 4.78 is 25.0. The highest BCUT2D eigenvalue weighted by molar-refractivity contribution is 7.92. The van der Waals surface area contributed by atoms with Crippen molar-refractivity contribution in [2.45, 2.75) is 43.5 Å². The molecule has 0 unspecified atom stereocenters. The van der Waals surface area contributed by atoms with Gasteiger partial charge in [-0.25, -0.2) is 8.42 Å². The van der Waals surface area contributed by atoms with Crippen molar-refractivity contribution in [2.24, 2.45) is 7.05 Å². The van der Waals surface area contributed by atoms with E-state index in [0.29, 0.717) is 36.1 Å². The molecule has 2 aromatic rings. The summed E-state index contributed by atoms with van der Waals surface area (Å²) in [5.41, 5.74) is 2.51. The fraction of sp³-hybridized carbons (Fsp3) is 0.455. The smallest absolute Gasteiger partial charge is 0.272 e. The Kier molecular flexibility index (Phi) is 5.33. The predicted molar refractivity (Wildman–Crippen MR) is 117 cm³/mol. The average molecular weight is 456 g/mol. The molecule has 1 fully saturated rings. The van der Waals surface area contributed by atoms with E-state index in [1.165, 1.54) is 10.9 Å². The molecule has 1 aliphatic carbocycles. The van der Waals surface area contributed by atoms with Gasteiger partial charge in [0.05, 0.1) is 16.4 Å². The lowest BCUT2D eigenvalue weighted by Gasteiger charge is -2.35. The maximum Gasteiger partial charge on any atom is 0.272 e. The molecule has 0 radical (unpaired) electrons. The van der Waals surface area contributed by atoms with E-state index in [9.17, 15) is 18.0 Å². The van der Waals surface area contributed by atoms with Gasteiger partial charge in [0.2, 0.25) is 0 Å². The van der Waals surface area contributed by atoms with Crippen LogP contribution in [0.25, 0.3) is 0 Å². The zero-order chi connectivity index (χ0) is 23.3. The molecular formula is C22H25N5O4S. The quantitative estimate of drug-likeness (QED) is 0.697. The van der Waals surface area contributed by atoms with Gasteiger partial charge in [0, 0.05) is 38.0 Å². The summed E-state index contributed by atoms with van der Waals surface area (Å²) in [6.07, 6.45) is 2.77. The van der Waals surface area contributed by atoms with E-state index in [1.807, 2.05) is 6.92 Å². The first-order valence-corrected chi connectivity index (χ1v) is 12.3. The topological polar surface area (TPSA) is 125 Å². The Morgan fingerprint density at radius 1 is 1.31 bits per heavy atom. The molecule has 2 amide bonds. The van der Waals surface area contributed by atoms with Gasteiger partial charge in [-0.1, -0.05) is 12.1 Å². The number of fused-ring (bicyclic) bond motifs is 1. The van der Waals surface area contributed by atoms with Gasteiger partial charge >= 0.3 is 0 Å². The minimum Gasteiger partial charge on any atom is -0.347 e. The van der Waals surface area contributed by atoms with Crippen molar-refractivity contribution >= 4 is 21.7 Å². The van der Waals surface area contributed by atoms with Crippen LogP contribution in [0.3, 0.4) is 0 Å². The van der Waals surface area contributed by atoms with Crippen molar-refractivity contribution in [3.05, 3.63) is 52.3 Å². The summed E-state index contributed by atoms with van der Waals surface area (Å²) >= 11 is 0. The standard InChI is InChI=1S/C22H25N5O4S/c1-14-10-17-18(20(28)24-12-16-6-4-15(11-23)5-7-16)25-26(2)19(17)21(29)27(14)13-22(8-9-22)32(3,30)31/h4-7,14H,8-10,12-13H2,1-3H3,(H,24,28)/t14-/m1/s1. The van der Waals surface area contributed by atoms with Crippen molar-refractivity contribution in [1.29, 1.82) is 5.26 Å². The Morgan fingerprint density at radius 3 is 2.53 bits per heavy atom. The molecule has 9 nitrogen and oxygen atoms in total. The lowest BCUT2D eigenvalue weighted by molar-refractivity contribution is 0.0650. The van der Waals surface area contributed by atoms with Crippen LogP contribution in [-0.4, -0.2) is 58.5 Å². The second-order valence-corrected chi connectivity index (χ2v) is 11.1. The van der Waals surface area contributed by atoms with Gasteiger partial charge in [-0.15, -0.1) is 0 Å². The number of hydrogen-bond donors (Lipinski definition) is 1. The maximum atomic E-state index is 13.3. The second-order valence-electron chi connectivity index (χ2n) is 8.73. The van der Waals surface area contributed by atoms with Gasteiger partial charge in [0.1, 0.15) is 5.69 Å². The van der Waals surface area contributed by atoms with E-state index in [0.717, 1.165) is 5.56 Å². The van der Waals surface area contributed by atoms with Crippen LogP contribution in [0.2, 0.25) is 0 Å². The number of nitriles is 1. The average Bonchev–Trinajstić information content (AvgIpc) is 3.47. The Balaban J connectivity index is 1.53. The van der Waals surface area contributed by atoms with E-state index >= 15 is 0 Å². The largest absolute Gasteiger partial charge is 0.347 e. The van der Waals surface area contributed by atoms with E-state index in [1.54, 1.807) is 36.2 Å². The third kappa shape index (κ3) is 3.77. The van der Waals surface area contributed by atoms with Crippen molar-refractivity contribution in [1.82, 2.24) is 20.0 Å². The first-order valence-electron chi connectivity index (χ1n) is 10.4. The molecule has 1 saturated carbocycles. The molecule has 168 valence electrons. The third-order valence-electron chi connectivity index (χ3n) is 6.44. The summed E-state index contributed by atoms with van der Waals surface area (Å²) in [6.45, 7) is 2.30. The van der Waals surface area contributed by atoms with E-state index in [2.05, 4.69) is 16.5 Å². The molecule has 1 aromatic heterocycles. The molecule has 1 aliphatic heterocycles. The van der Waals surface area contributed by atoms with Crippen LogP contribution < -0.4 is 5.32 Å². The summed E-state index contributed by atoms with van der Waals surface area (Å²) in [5, 5.41) is 16.0. The van der Waals surface area contributed by atoms with Gasteiger partial charge in [0.15, 0.2) is 15.5 Å². The van der Waals surface area contributed by atoms with Gasteiger partial charge in [0.25, 0.3) is 11.8 Å². The predicted octanol–water partition coefficient (Wildman–Crippen LogP) is 1.19. The molecule has 0 spiro atoms. The van der Waals surface area contributed by atoms with Crippen molar-refractivity contribution in [3.63, 3.8) is 0 Å². The molecule has 32 heavy (non-hydrogen) atoms.